The molecule has 0 radical (unpaired) electrons. The van der Waals surface area contributed by atoms with Gasteiger partial charge < -0.3 is 5.32 Å². The van der Waals surface area contributed by atoms with Crippen molar-refractivity contribution in [3.8, 4) is 0 Å². The van der Waals surface area contributed by atoms with E-state index in [2.05, 4.69) is 5.32 Å². The first kappa shape index (κ1) is 6.17. The normalized spacial score (nSPS) is 14.8. The third-order valence-electron chi connectivity index (χ3n) is 2.30. The molecule has 84 valence electrons. The Kier molecular flexibility index (Phi) is 1.52. The van der Waals surface area contributed by atoms with E-state index in [1.807, 2.05) is 0 Å². The molecule has 3 rings (SSSR count). The number of thiophene rings is 1. The van der Waals surface area contributed by atoms with Crippen LogP contribution in [0.3, 0.4) is 0 Å². The van der Waals surface area contributed by atoms with Gasteiger partial charge in [-0.25, -0.2) is 4.39 Å². The molecule has 2 aromatic carbocycles. The quantitative estimate of drug-likeness (QED) is 0.688. The Balaban J connectivity index is 2.15. The van der Waals surface area contributed by atoms with E-state index in [-0.39, 0.29) is 17.8 Å². The summed E-state index contributed by atoms with van der Waals surface area (Å²) < 4.78 is 52.9. The monoisotopic (exact) mass is 248 g/mol. The molecule has 1 aromatic heterocycles. The minimum atomic E-state index is -0.443. The molecule has 0 atom stereocenters. The Morgan fingerprint density at radius 2 is 2.00 bits per heavy atom. The highest BCUT2D eigenvalue weighted by Gasteiger charge is 2.05. The van der Waals surface area contributed by atoms with Crippen LogP contribution in [-0.2, 0) is 0 Å². The molecule has 0 fully saturated rings. The van der Waals surface area contributed by atoms with E-state index in [9.17, 15) is 4.39 Å². The Hall–Kier alpha value is -1.87. The molecule has 0 amide bonds. The van der Waals surface area contributed by atoms with Crippen LogP contribution in [0.5, 0.6) is 0 Å². The van der Waals surface area contributed by atoms with Gasteiger partial charge in [0.05, 0.1) is 12.5 Å². The van der Waals surface area contributed by atoms with Gasteiger partial charge in [0.2, 0.25) is 0 Å². The fourth-order valence-electron chi connectivity index (χ4n) is 1.55. The lowest BCUT2D eigenvalue weighted by Gasteiger charge is -2.04. The lowest BCUT2D eigenvalue weighted by Crippen LogP contribution is -1.87. The third kappa shape index (κ3) is 2.01. The molecule has 0 saturated heterocycles. The van der Waals surface area contributed by atoms with Gasteiger partial charge in [-0.2, -0.15) is 0 Å². The molecule has 1 N–H and O–H groups in total. The summed E-state index contributed by atoms with van der Waals surface area (Å²) in [6.07, 6.45) is 0. The van der Waals surface area contributed by atoms with Crippen molar-refractivity contribution in [1.82, 2.24) is 0 Å². The number of nitrogens with one attached hydrogen (secondary N) is 1. The third-order valence-corrected chi connectivity index (χ3v) is 3.26. The molecule has 17 heavy (non-hydrogen) atoms. The lowest BCUT2D eigenvalue weighted by atomic mass is 10.2. The molecule has 0 bridgehead atoms. The van der Waals surface area contributed by atoms with Crippen molar-refractivity contribution in [3.05, 3.63) is 59.6 Å². The smallest absolute Gasteiger partial charge is 0.123 e. The van der Waals surface area contributed by atoms with E-state index in [1.165, 1.54) is 23.5 Å². The van der Waals surface area contributed by atoms with Gasteiger partial charge in [0.25, 0.3) is 0 Å². The summed E-state index contributed by atoms with van der Waals surface area (Å²) in [5.74, 6) is -0.394. The fourth-order valence-corrected chi connectivity index (χ4v) is 2.42. The summed E-state index contributed by atoms with van der Waals surface area (Å²) in [6.45, 7) is 0. The number of anilines is 2. The van der Waals surface area contributed by atoms with Crippen LogP contribution in [0.1, 0.15) is 6.85 Å². The van der Waals surface area contributed by atoms with Crippen LogP contribution in [0.25, 0.3) is 10.1 Å². The highest BCUT2D eigenvalue weighted by atomic mass is 32.1. The first-order chi connectivity index (χ1) is 10.4. The predicted octanol–water partition coefficient (Wildman–Crippen LogP) is 4.78. The molecule has 0 aliphatic rings. The van der Waals surface area contributed by atoms with Crippen molar-refractivity contribution in [2.45, 2.75) is 0 Å². The van der Waals surface area contributed by atoms with Crippen LogP contribution < -0.4 is 5.32 Å². The van der Waals surface area contributed by atoms with Crippen molar-refractivity contribution < 1.29 is 11.2 Å². The molecule has 3 heteroatoms. The number of fused-ring (bicyclic) bond motifs is 1. The molecular weight excluding hydrogens is 233 g/mol. The number of halogens is 1. The van der Waals surface area contributed by atoms with Gasteiger partial charge in [-0.3, -0.25) is 0 Å². The van der Waals surface area contributed by atoms with E-state index in [0.29, 0.717) is 11.1 Å². The van der Waals surface area contributed by atoms with Crippen molar-refractivity contribution in [1.29, 1.82) is 0 Å². The van der Waals surface area contributed by atoms with Crippen LogP contribution in [0, 0.1) is 5.82 Å². The first-order valence-electron chi connectivity index (χ1n) is 7.41. The van der Waals surface area contributed by atoms with Crippen LogP contribution in [0.2, 0.25) is 0 Å². The summed E-state index contributed by atoms with van der Waals surface area (Å²) in [7, 11) is 0. The van der Waals surface area contributed by atoms with E-state index >= 15 is 0 Å². The van der Waals surface area contributed by atoms with E-state index < -0.39 is 23.9 Å². The van der Waals surface area contributed by atoms with Gasteiger partial charge in [0, 0.05) is 21.2 Å². The fraction of sp³-hybridized carbons (Fsp3) is 0. The first-order valence-corrected chi connectivity index (χ1v) is 5.79. The Morgan fingerprint density at radius 1 is 1.18 bits per heavy atom. The van der Waals surface area contributed by atoms with Gasteiger partial charge >= 0.3 is 0 Å². The van der Waals surface area contributed by atoms with Crippen LogP contribution >= 0.6 is 11.3 Å². The second kappa shape index (κ2) is 4.18. The van der Waals surface area contributed by atoms with Crippen molar-refractivity contribution in [2.75, 3.05) is 5.32 Å². The maximum Gasteiger partial charge on any atom is 0.123 e. The molecule has 0 aliphatic carbocycles. The summed E-state index contributed by atoms with van der Waals surface area (Å²) >= 11 is 1.38. The molecule has 0 spiro atoms. The minimum absolute atomic E-state index is 0.0186. The average molecular weight is 248 g/mol. The van der Waals surface area contributed by atoms with E-state index in [1.54, 1.807) is 11.4 Å². The molecule has 0 aliphatic heterocycles. The second-order valence-electron chi connectivity index (χ2n) is 3.41. The minimum Gasteiger partial charge on any atom is -0.354 e. The van der Waals surface area contributed by atoms with E-state index in [4.69, 9.17) is 6.85 Å². The molecule has 0 saturated carbocycles. The zero-order chi connectivity index (χ0) is 16.0. The van der Waals surface area contributed by atoms with Crippen LogP contribution in [0.4, 0.5) is 15.8 Å². The Morgan fingerprint density at radius 3 is 2.82 bits per heavy atom. The van der Waals surface area contributed by atoms with Gasteiger partial charge in [-0.05, 0) is 30.3 Å². The van der Waals surface area contributed by atoms with Crippen molar-refractivity contribution in [2.24, 2.45) is 0 Å². The molecular formula is C14H10FNS. The predicted molar refractivity (Wildman–Crippen MR) is 71.5 cm³/mol. The standard InChI is InChI=1S/C14H10FNS/c15-10-6-7-14-12(8-10)13(9-17-14)16-11-4-2-1-3-5-11/h1-9,16H/i1D,2D,3D,4D,5D. The summed E-state index contributed by atoms with van der Waals surface area (Å²) in [5.41, 5.74) is 0.494. The SMILES string of the molecule is [2H]c1c([2H])c([2H])c(Nc2csc3ccc(F)cc23)c([2H])c1[2H]. The van der Waals surface area contributed by atoms with Crippen molar-refractivity contribution in [3.63, 3.8) is 0 Å². The number of benzene rings is 2. The zero-order valence-corrected chi connectivity index (χ0v) is 9.41. The molecule has 1 nitrogen and oxygen atoms in total. The lowest BCUT2D eigenvalue weighted by molar-refractivity contribution is 0.630. The maximum atomic E-state index is 13.4. The number of hydrogen-bond donors (Lipinski definition) is 1. The molecule has 0 unspecified atom stereocenters. The second-order valence-corrected chi connectivity index (χ2v) is 4.33. The maximum absolute atomic E-state index is 13.4. The number of para-hydroxylation sites is 1. The number of rotatable bonds is 2. The summed E-state index contributed by atoms with van der Waals surface area (Å²) in [5, 5.41) is 5.18. The largest absolute Gasteiger partial charge is 0.354 e. The Labute approximate surface area is 110 Å². The Bertz CT molecular complexity index is 864. The topological polar surface area (TPSA) is 12.0 Å². The number of hydrogen-bond acceptors (Lipinski definition) is 2. The summed E-state index contributed by atoms with van der Waals surface area (Å²) in [6, 6.07) is 2.45. The average Bonchev–Trinajstić information content (AvgIpc) is 2.90. The van der Waals surface area contributed by atoms with Gasteiger partial charge in [-0.15, -0.1) is 11.3 Å². The molecule has 1 heterocycles. The highest BCUT2D eigenvalue weighted by Crippen LogP contribution is 2.32. The van der Waals surface area contributed by atoms with Gasteiger partial charge in [0.1, 0.15) is 5.82 Å². The molecule has 3 aromatic rings. The van der Waals surface area contributed by atoms with Crippen molar-refractivity contribution >= 4 is 32.8 Å². The van der Waals surface area contributed by atoms with Crippen LogP contribution in [0.15, 0.2) is 53.8 Å². The zero-order valence-electron chi connectivity index (χ0n) is 13.6. The van der Waals surface area contributed by atoms with E-state index in [0.717, 1.165) is 4.70 Å². The van der Waals surface area contributed by atoms with Gasteiger partial charge in [-0.1, -0.05) is 18.1 Å². The van der Waals surface area contributed by atoms with Crippen LogP contribution in [-0.4, -0.2) is 0 Å². The highest BCUT2D eigenvalue weighted by molar-refractivity contribution is 7.17. The summed E-state index contributed by atoms with van der Waals surface area (Å²) in [4.78, 5) is 0. The van der Waals surface area contributed by atoms with Gasteiger partial charge in [0.15, 0.2) is 0 Å².